The van der Waals surface area contributed by atoms with Gasteiger partial charge in [-0.1, -0.05) is 41.4 Å². The second-order valence-electron chi connectivity index (χ2n) is 4.77. The molecule has 19 heavy (non-hydrogen) atoms. The SMILES string of the molecule is CCCCOCCC(CCl)(CCl)c1ccc(Br)cc1. The first kappa shape index (κ1) is 17.3. The van der Waals surface area contributed by atoms with Crippen molar-refractivity contribution in [3.05, 3.63) is 34.3 Å². The Labute approximate surface area is 134 Å². The van der Waals surface area contributed by atoms with Crippen LogP contribution in [0.2, 0.25) is 0 Å². The lowest BCUT2D eigenvalue weighted by atomic mass is 9.81. The van der Waals surface area contributed by atoms with Gasteiger partial charge in [-0.2, -0.15) is 0 Å². The lowest BCUT2D eigenvalue weighted by Crippen LogP contribution is -2.32. The van der Waals surface area contributed by atoms with E-state index in [-0.39, 0.29) is 5.41 Å². The summed E-state index contributed by atoms with van der Waals surface area (Å²) in [5, 5.41) is 0. The van der Waals surface area contributed by atoms with Gasteiger partial charge in [-0.3, -0.25) is 0 Å². The molecule has 0 unspecified atom stereocenters. The number of hydrogen-bond acceptors (Lipinski definition) is 1. The molecule has 0 spiro atoms. The molecule has 0 fully saturated rings. The molecule has 0 radical (unpaired) electrons. The molecular weight excluding hydrogens is 347 g/mol. The zero-order valence-electron chi connectivity index (χ0n) is 11.3. The van der Waals surface area contributed by atoms with Gasteiger partial charge in [-0.15, -0.1) is 23.2 Å². The summed E-state index contributed by atoms with van der Waals surface area (Å²) in [6.45, 7) is 3.68. The van der Waals surface area contributed by atoms with E-state index in [0.717, 1.165) is 30.3 Å². The molecule has 0 N–H and O–H groups in total. The van der Waals surface area contributed by atoms with E-state index < -0.39 is 0 Å². The Bertz CT molecular complexity index is 350. The van der Waals surface area contributed by atoms with Gasteiger partial charge in [0.1, 0.15) is 0 Å². The fourth-order valence-corrected chi connectivity index (χ4v) is 3.01. The summed E-state index contributed by atoms with van der Waals surface area (Å²) >= 11 is 15.8. The maximum absolute atomic E-state index is 6.19. The van der Waals surface area contributed by atoms with Gasteiger partial charge in [0.2, 0.25) is 0 Å². The zero-order chi connectivity index (χ0) is 14.1. The van der Waals surface area contributed by atoms with E-state index in [1.54, 1.807) is 0 Å². The van der Waals surface area contributed by atoms with Gasteiger partial charge in [-0.05, 0) is 30.5 Å². The van der Waals surface area contributed by atoms with Crippen molar-refractivity contribution >= 4 is 39.1 Å². The number of hydrogen-bond donors (Lipinski definition) is 0. The van der Waals surface area contributed by atoms with Gasteiger partial charge in [0.15, 0.2) is 0 Å². The number of rotatable bonds is 9. The van der Waals surface area contributed by atoms with Crippen LogP contribution < -0.4 is 0 Å². The predicted octanol–water partition coefficient (Wildman–Crippen LogP) is 5.37. The topological polar surface area (TPSA) is 9.23 Å². The molecule has 4 heteroatoms. The normalized spacial score (nSPS) is 11.8. The van der Waals surface area contributed by atoms with Crippen molar-refractivity contribution < 1.29 is 4.74 Å². The molecule has 0 atom stereocenters. The third-order valence-electron chi connectivity index (χ3n) is 3.34. The smallest absolute Gasteiger partial charge is 0.0475 e. The molecule has 0 aliphatic rings. The van der Waals surface area contributed by atoms with Crippen LogP contribution in [0, 0.1) is 0 Å². The second kappa shape index (κ2) is 9.23. The Morgan fingerprint density at radius 3 is 2.26 bits per heavy atom. The van der Waals surface area contributed by atoms with Crippen LogP contribution in [0.15, 0.2) is 28.7 Å². The van der Waals surface area contributed by atoms with Crippen molar-refractivity contribution in [2.45, 2.75) is 31.6 Å². The number of unbranched alkanes of at least 4 members (excludes halogenated alkanes) is 1. The Morgan fingerprint density at radius 1 is 1.11 bits per heavy atom. The molecule has 1 nitrogen and oxygen atoms in total. The van der Waals surface area contributed by atoms with E-state index in [4.69, 9.17) is 27.9 Å². The third kappa shape index (κ3) is 5.26. The van der Waals surface area contributed by atoms with Gasteiger partial charge in [0, 0.05) is 34.9 Å². The average Bonchev–Trinajstić information content (AvgIpc) is 2.45. The van der Waals surface area contributed by atoms with Crippen LogP contribution in [0.1, 0.15) is 31.7 Å². The Kier molecular flexibility index (Phi) is 8.40. The van der Waals surface area contributed by atoms with Crippen LogP contribution in [0.25, 0.3) is 0 Å². The maximum Gasteiger partial charge on any atom is 0.0475 e. The molecule has 0 heterocycles. The highest BCUT2D eigenvalue weighted by Gasteiger charge is 2.30. The van der Waals surface area contributed by atoms with Crippen molar-refractivity contribution in [3.63, 3.8) is 0 Å². The van der Waals surface area contributed by atoms with E-state index in [2.05, 4.69) is 35.0 Å². The van der Waals surface area contributed by atoms with Gasteiger partial charge in [0.05, 0.1) is 0 Å². The molecule has 0 saturated carbocycles. The van der Waals surface area contributed by atoms with Crippen LogP contribution in [0.5, 0.6) is 0 Å². The molecule has 1 rings (SSSR count). The summed E-state index contributed by atoms with van der Waals surface area (Å²) in [7, 11) is 0. The molecule has 0 aliphatic heterocycles. The van der Waals surface area contributed by atoms with Crippen LogP contribution in [0.4, 0.5) is 0 Å². The van der Waals surface area contributed by atoms with E-state index in [1.807, 2.05) is 12.1 Å². The minimum atomic E-state index is -0.198. The lowest BCUT2D eigenvalue weighted by molar-refractivity contribution is 0.116. The Morgan fingerprint density at radius 2 is 1.74 bits per heavy atom. The molecule has 0 saturated heterocycles. The number of benzene rings is 1. The number of halogens is 3. The predicted molar refractivity (Wildman–Crippen MR) is 87.6 cm³/mol. The molecular formula is C15H21BrCl2O. The molecule has 0 aliphatic carbocycles. The molecule has 0 bridgehead atoms. The van der Waals surface area contributed by atoms with Crippen molar-refractivity contribution in [2.75, 3.05) is 25.0 Å². The summed E-state index contributed by atoms with van der Waals surface area (Å²) < 4.78 is 6.72. The first-order valence-corrected chi connectivity index (χ1v) is 8.50. The molecule has 0 amide bonds. The van der Waals surface area contributed by atoms with Crippen LogP contribution in [-0.2, 0) is 10.2 Å². The average molecular weight is 368 g/mol. The summed E-state index contributed by atoms with van der Waals surface area (Å²) in [6, 6.07) is 8.23. The molecule has 1 aromatic carbocycles. The first-order chi connectivity index (χ1) is 9.18. The summed E-state index contributed by atoms with van der Waals surface area (Å²) in [4.78, 5) is 0. The maximum atomic E-state index is 6.19. The van der Waals surface area contributed by atoms with Crippen molar-refractivity contribution in [1.82, 2.24) is 0 Å². The Hall–Kier alpha value is 0.240. The minimum Gasteiger partial charge on any atom is -0.381 e. The van der Waals surface area contributed by atoms with Crippen LogP contribution in [0.3, 0.4) is 0 Å². The third-order valence-corrected chi connectivity index (χ3v) is 4.89. The highest BCUT2D eigenvalue weighted by atomic mass is 79.9. The molecule has 108 valence electrons. The fourth-order valence-electron chi connectivity index (χ4n) is 1.89. The second-order valence-corrected chi connectivity index (χ2v) is 6.22. The van der Waals surface area contributed by atoms with E-state index in [0.29, 0.717) is 18.4 Å². The van der Waals surface area contributed by atoms with Crippen molar-refractivity contribution in [2.24, 2.45) is 0 Å². The Balaban J connectivity index is 2.65. The monoisotopic (exact) mass is 366 g/mol. The van der Waals surface area contributed by atoms with Gasteiger partial charge in [0.25, 0.3) is 0 Å². The number of alkyl halides is 2. The highest BCUT2D eigenvalue weighted by molar-refractivity contribution is 9.10. The largest absolute Gasteiger partial charge is 0.381 e. The molecule has 1 aromatic rings. The quantitative estimate of drug-likeness (QED) is 0.421. The van der Waals surface area contributed by atoms with Crippen molar-refractivity contribution in [3.8, 4) is 0 Å². The van der Waals surface area contributed by atoms with Gasteiger partial charge in [-0.25, -0.2) is 0 Å². The lowest BCUT2D eigenvalue weighted by Gasteiger charge is -2.30. The number of ether oxygens (including phenoxy) is 1. The van der Waals surface area contributed by atoms with E-state index in [9.17, 15) is 0 Å². The van der Waals surface area contributed by atoms with Gasteiger partial charge >= 0.3 is 0 Å². The minimum absolute atomic E-state index is 0.198. The van der Waals surface area contributed by atoms with E-state index >= 15 is 0 Å². The summed E-state index contributed by atoms with van der Waals surface area (Å²) in [5.41, 5.74) is 0.982. The fraction of sp³-hybridized carbons (Fsp3) is 0.600. The van der Waals surface area contributed by atoms with E-state index in [1.165, 1.54) is 5.56 Å². The van der Waals surface area contributed by atoms with Crippen LogP contribution >= 0.6 is 39.1 Å². The summed E-state index contributed by atoms with van der Waals surface area (Å²) in [6.07, 6.45) is 3.11. The first-order valence-electron chi connectivity index (χ1n) is 6.64. The zero-order valence-corrected chi connectivity index (χ0v) is 14.4. The standard InChI is InChI=1S/C15H21BrCl2O/c1-2-3-9-19-10-8-15(11-17,12-18)13-4-6-14(16)7-5-13/h4-7H,2-3,8-12H2,1H3. The molecule has 0 aromatic heterocycles. The van der Waals surface area contributed by atoms with Gasteiger partial charge < -0.3 is 4.74 Å². The van der Waals surface area contributed by atoms with Crippen LogP contribution in [-0.4, -0.2) is 25.0 Å². The highest BCUT2D eigenvalue weighted by Crippen LogP contribution is 2.32. The summed E-state index contributed by atoms with van der Waals surface area (Å²) in [5.74, 6) is 1.02. The van der Waals surface area contributed by atoms with Crippen molar-refractivity contribution in [1.29, 1.82) is 0 Å².